The molecule has 4 aliphatic carbocycles. The van der Waals surface area contributed by atoms with Gasteiger partial charge in [-0.3, -0.25) is 4.79 Å². The Morgan fingerprint density at radius 1 is 1.04 bits per heavy atom. The number of aliphatic hydroxyl groups is 2. The van der Waals surface area contributed by atoms with Crippen LogP contribution >= 0.6 is 15.9 Å². The first kappa shape index (κ1) is 17.9. The molecule has 4 aliphatic rings. The lowest BCUT2D eigenvalue weighted by Crippen LogP contribution is -2.59. The van der Waals surface area contributed by atoms with Gasteiger partial charge in [0.2, 0.25) is 0 Å². The van der Waals surface area contributed by atoms with E-state index < -0.39 is 11.5 Å². The van der Waals surface area contributed by atoms with Gasteiger partial charge in [-0.05, 0) is 74.0 Å². The van der Waals surface area contributed by atoms with Gasteiger partial charge < -0.3 is 10.2 Å². The zero-order valence-electron chi connectivity index (χ0n) is 14.7. The third kappa shape index (κ3) is 2.26. The van der Waals surface area contributed by atoms with Crippen LogP contribution in [0.3, 0.4) is 0 Å². The third-order valence-corrected chi connectivity index (χ3v) is 9.09. The molecule has 0 amide bonds. The summed E-state index contributed by atoms with van der Waals surface area (Å²) < 4.78 is 0. The summed E-state index contributed by atoms with van der Waals surface area (Å²) in [6.07, 6.45) is 9.19. The highest BCUT2D eigenvalue weighted by Crippen LogP contribution is 2.66. The molecule has 0 heterocycles. The number of carbonyl (C=O) groups is 1. The molecule has 0 saturated heterocycles. The molecule has 0 aromatic carbocycles. The molecule has 0 radical (unpaired) electrons. The minimum atomic E-state index is -0.473. The van der Waals surface area contributed by atoms with Crippen LogP contribution in [0, 0.1) is 34.5 Å². The molecular weight excluding hydrogens is 380 g/mol. The molecule has 0 aliphatic heterocycles. The fourth-order valence-electron chi connectivity index (χ4n) is 7.17. The van der Waals surface area contributed by atoms with Crippen LogP contribution < -0.4 is 0 Å². The zero-order valence-corrected chi connectivity index (χ0v) is 16.3. The van der Waals surface area contributed by atoms with Gasteiger partial charge in [-0.25, -0.2) is 0 Å². The quantitative estimate of drug-likeness (QED) is 0.541. The third-order valence-electron chi connectivity index (χ3n) is 8.30. The molecule has 2 N–H and O–H groups in total. The van der Waals surface area contributed by atoms with Gasteiger partial charge in [0.25, 0.3) is 0 Å². The number of ketones is 1. The van der Waals surface area contributed by atoms with E-state index in [9.17, 15) is 15.0 Å². The second-order valence-electron chi connectivity index (χ2n) is 8.89. The molecule has 4 heteroatoms. The predicted molar refractivity (Wildman–Crippen MR) is 101 cm³/mol. The number of hydrogen-bond acceptors (Lipinski definition) is 3. The van der Waals surface area contributed by atoms with Crippen LogP contribution in [0.25, 0.3) is 0 Å². The second kappa shape index (κ2) is 6.03. The maximum Gasteiger partial charge on any atom is 0.156 e. The monoisotopic (exact) mass is 408 g/mol. The number of allylic oxidation sites excluding steroid dienone is 2. The van der Waals surface area contributed by atoms with Gasteiger partial charge in [0.05, 0.1) is 22.5 Å². The van der Waals surface area contributed by atoms with E-state index in [1.165, 1.54) is 0 Å². The van der Waals surface area contributed by atoms with Gasteiger partial charge in [0, 0.05) is 0 Å². The molecule has 25 heavy (non-hydrogen) atoms. The van der Waals surface area contributed by atoms with Crippen molar-refractivity contribution in [1.82, 2.24) is 0 Å². The zero-order chi connectivity index (χ0) is 18.0. The van der Waals surface area contributed by atoms with Gasteiger partial charge in [-0.1, -0.05) is 28.1 Å². The molecule has 0 aromatic rings. The lowest BCUT2D eigenvalue weighted by Gasteiger charge is -2.61. The van der Waals surface area contributed by atoms with Crippen molar-refractivity contribution in [3.05, 3.63) is 25.3 Å². The fraction of sp³-hybridized carbons (Fsp3) is 0.762. The van der Waals surface area contributed by atoms with Crippen molar-refractivity contribution in [2.45, 2.75) is 62.0 Å². The lowest BCUT2D eigenvalue weighted by atomic mass is 9.44. The molecule has 138 valence electrons. The molecule has 0 spiro atoms. The van der Waals surface area contributed by atoms with Crippen molar-refractivity contribution in [3.8, 4) is 0 Å². The summed E-state index contributed by atoms with van der Waals surface area (Å²) in [7, 11) is 0. The Balaban J connectivity index is 1.75. The van der Waals surface area contributed by atoms with Gasteiger partial charge in [0.15, 0.2) is 5.78 Å². The summed E-state index contributed by atoms with van der Waals surface area (Å²) in [4.78, 5) is 12.8. The molecule has 9 atom stereocenters. The number of Topliss-reactive ketones (excluding diaryl/α,β-unsaturated/α-hetero) is 1. The van der Waals surface area contributed by atoms with Crippen LogP contribution in [0.15, 0.2) is 25.3 Å². The van der Waals surface area contributed by atoms with Crippen molar-refractivity contribution in [2.75, 3.05) is 0 Å². The summed E-state index contributed by atoms with van der Waals surface area (Å²) in [5.74, 6) is 1.21. The van der Waals surface area contributed by atoms with E-state index in [4.69, 9.17) is 0 Å². The first-order valence-corrected chi connectivity index (χ1v) is 10.6. The second-order valence-corrected chi connectivity index (χ2v) is 9.99. The van der Waals surface area contributed by atoms with E-state index in [0.717, 1.165) is 44.9 Å². The Hall–Kier alpha value is -0.450. The van der Waals surface area contributed by atoms with Crippen LogP contribution in [0.5, 0.6) is 0 Å². The topological polar surface area (TPSA) is 57.5 Å². The van der Waals surface area contributed by atoms with Gasteiger partial charge in [-0.2, -0.15) is 0 Å². The van der Waals surface area contributed by atoms with Crippen LogP contribution in [-0.2, 0) is 4.79 Å². The normalized spacial score (nSPS) is 55.0. The summed E-state index contributed by atoms with van der Waals surface area (Å²) in [6.45, 7) is 8.21. The van der Waals surface area contributed by atoms with Gasteiger partial charge >= 0.3 is 0 Å². The minimum absolute atomic E-state index is 0.00387. The van der Waals surface area contributed by atoms with Crippen molar-refractivity contribution in [3.63, 3.8) is 0 Å². The van der Waals surface area contributed by atoms with Crippen LogP contribution in [0.1, 0.15) is 44.9 Å². The Labute approximate surface area is 158 Å². The Morgan fingerprint density at radius 2 is 1.80 bits per heavy atom. The summed E-state index contributed by atoms with van der Waals surface area (Å²) in [5.41, 5.74) is -0.469. The van der Waals surface area contributed by atoms with Gasteiger partial charge in [-0.15, -0.1) is 13.2 Å². The number of fused-ring (bicyclic) bond motifs is 5. The molecule has 0 aromatic heterocycles. The van der Waals surface area contributed by atoms with Crippen molar-refractivity contribution < 1.29 is 15.0 Å². The van der Waals surface area contributed by atoms with Crippen molar-refractivity contribution in [2.24, 2.45) is 34.5 Å². The van der Waals surface area contributed by atoms with Crippen LogP contribution in [0.2, 0.25) is 0 Å². The highest BCUT2D eigenvalue weighted by atomic mass is 79.9. The van der Waals surface area contributed by atoms with E-state index in [2.05, 4.69) is 35.2 Å². The summed E-state index contributed by atoms with van der Waals surface area (Å²) in [6, 6.07) is 0. The van der Waals surface area contributed by atoms with Crippen molar-refractivity contribution >= 4 is 21.7 Å². The average molecular weight is 409 g/mol. The maximum atomic E-state index is 12.9. The number of rotatable bonds is 2. The van der Waals surface area contributed by atoms with E-state index in [1.54, 1.807) is 0 Å². The maximum absolute atomic E-state index is 12.9. The number of carbonyl (C=O) groups excluding carboxylic acids is 1. The van der Waals surface area contributed by atoms with Crippen LogP contribution in [-0.4, -0.2) is 33.0 Å². The highest BCUT2D eigenvalue weighted by Gasteiger charge is 2.65. The molecule has 0 unspecified atom stereocenters. The molecule has 3 nitrogen and oxygen atoms in total. The SMILES string of the molecule is C=C[C@]12CC[C@H](O)C[C@@H]1C[C@H](O)[C@@H]1[C@@H]2CC[C@]2(C=C)C(=O)[C@H](Br)C[C@@H]12. The molecular formula is C21H29BrO3. The number of aliphatic hydroxyl groups excluding tert-OH is 2. The van der Waals surface area contributed by atoms with E-state index in [1.807, 2.05) is 6.08 Å². The largest absolute Gasteiger partial charge is 0.393 e. The Bertz CT molecular complexity index is 604. The lowest BCUT2D eigenvalue weighted by molar-refractivity contribution is -0.158. The Morgan fingerprint density at radius 3 is 2.48 bits per heavy atom. The van der Waals surface area contributed by atoms with E-state index in [0.29, 0.717) is 11.8 Å². The molecule has 4 rings (SSSR count). The average Bonchev–Trinajstić information content (AvgIpc) is 2.86. The van der Waals surface area contributed by atoms with E-state index >= 15 is 0 Å². The standard InChI is InChI=1S/C21H29BrO3/c1-3-20-7-5-13(23)9-12(20)10-17(24)18-14(20)6-8-21(4-2)15(18)11-16(22)19(21)25/h3-4,12-18,23-24H,1-2,5-11H2/t12-,13+,14+,15+,16-,17+,18-,20+,21+/m1/s1. The summed E-state index contributed by atoms with van der Waals surface area (Å²) in [5, 5.41) is 21.3. The number of halogens is 1. The fourth-order valence-corrected chi connectivity index (χ4v) is 8.00. The molecule has 0 bridgehead atoms. The highest BCUT2D eigenvalue weighted by molar-refractivity contribution is 9.10. The molecule has 4 fully saturated rings. The van der Waals surface area contributed by atoms with Crippen molar-refractivity contribution in [1.29, 1.82) is 0 Å². The predicted octanol–water partition coefficient (Wildman–Crippen LogP) is 3.64. The number of hydrogen-bond donors (Lipinski definition) is 2. The van der Waals surface area contributed by atoms with E-state index in [-0.39, 0.29) is 34.0 Å². The van der Waals surface area contributed by atoms with Crippen LogP contribution in [0.4, 0.5) is 0 Å². The number of alkyl halides is 1. The molecule has 4 saturated carbocycles. The Kier molecular flexibility index (Phi) is 4.33. The van der Waals surface area contributed by atoms with Gasteiger partial charge in [0.1, 0.15) is 0 Å². The minimum Gasteiger partial charge on any atom is -0.393 e. The first-order chi connectivity index (χ1) is 11.9. The summed E-state index contributed by atoms with van der Waals surface area (Å²) >= 11 is 3.58. The smallest absolute Gasteiger partial charge is 0.156 e. The first-order valence-electron chi connectivity index (χ1n) is 9.71.